The van der Waals surface area contributed by atoms with Crippen molar-refractivity contribution in [2.75, 3.05) is 33.0 Å². The Kier molecular flexibility index (Phi) is 8.45. The zero-order valence-corrected chi connectivity index (χ0v) is 12.8. The Morgan fingerprint density at radius 1 is 1.35 bits per heavy atom. The zero-order chi connectivity index (χ0) is 14.8. The van der Waals surface area contributed by atoms with E-state index in [2.05, 4.69) is 17.3 Å². The minimum atomic E-state index is -0.502. The van der Waals surface area contributed by atoms with Gasteiger partial charge in [0.1, 0.15) is 0 Å². The van der Waals surface area contributed by atoms with Crippen molar-refractivity contribution < 1.29 is 14.6 Å². The van der Waals surface area contributed by atoms with Crippen LogP contribution >= 0.6 is 0 Å². The number of rotatable bonds is 11. The molecule has 116 valence electrons. The molecule has 6 heteroatoms. The van der Waals surface area contributed by atoms with Gasteiger partial charge >= 0.3 is 0 Å². The second-order valence-corrected chi connectivity index (χ2v) is 4.68. The second kappa shape index (κ2) is 9.88. The van der Waals surface area contributed by atoms with Crippen LogP contribution in [0.2, 0.25) is 0 Å². The van der Waals surface area contributed by atoms with Gasteiger partial charge in [-0.15, -0.1) is 0 Å². The summed E-state index contributed by atoms with van der Waals surface area (Å²) in [6, 6.07) is 0. The molecular weight excluding hydrogens is 258 g/mol. The van der Waals surface area contributed by atoms with Gasteiger partial charge in [-0.25, -0.2) is 0 Å². The molecule has 1 aromatic heterocycles. The number of aryl methyl sites for hydroxylation is 2. The lowest BCUT2D eigenvalue weighted by molar-refractivity contribution is 0.00642. The third kappa shape index (κ3) is 6.47. The van der Waals surface area contributed by atoms with Crippen LogP contribution in [-0.2, 0) is 29.5 Å². The normalized spacial score (nSPS) is 12.8. The fourth-order valence-electron chi connectivity index (χ4n) is 1.94. The Morgan fingerprint density at radius 2 is 2.10 bits per heavy atom. The molecule has 1 aromatic rings. The maximum absolute atomic E-state index is 9.77. The van der Waals surface area contributed by atoms with Crippen LogP contribution < -0.4 is 5.32 Å². The predicted octanol–water partition coefficient (Wildman–Crippen LogP) is 0.486. The SMILES string of the molecule is CCOCCOCC(O)CNCc1cn(C)nc1CC. The molecule has 0 aliphatic rings. The first kappa shape index (κ1) is 17.1. The molecule has 0 saturated carbocycles. The first-order valence-electron chi connectivity index (χ1n) is 7.23. The predicted molar refractivity (Wildman–Crippen MR) is 77.6 cm³/mol. The highest BCUT2D eigenvalue weighted by Crippen LogP contribution is 2.06. The van der Waals surface area contributed by atoms with E-state index in [0.29, 0.717) is 39.5 Å². The van der Waals surface area contributed by atoms with Gasteiger partial charge in [0.15, 0.2) is 0 Å². The van der Waals surface area contributed by atoms with Crippen molar-refractivity contribution in [1.82, 2.24) is 15.1 Å². The average molecular weight is 285 g/mol. The topological polar surface area (TPSA) is 68.5 Å². The molecule has 2 N–H and O–H groups in total. The summed E-state index contributed by atoms with van der Waals surface area (Å²) in [5.74, 6) is 0. The van der Waals surface area contributed by atoms with Crippen molar-refractivity contribution in [2.45, 2.75) is 32.9 Å². The Hall–Kier alpha value is -0.950. The van der Waals surface area contributed by atoms with E-state index in [0.717, 1.165) is 12.1 Å². The van der Waals surface area contributed by atoms with Crippen molar-refractivity contribution in [3.63, 3.8) is 0 Å². The summed E-state index contributed by atoms with van der Waals surface area (Å²) in [6.07, 6.45) is 2.43. The lowest BCUT2D eigenvalue weighted by atomic mass is 10.2. The van der Waals surface area contributed by atoms with E-state index < -0.39 is 6.10 Å². The van der Waals surface area contributed by atoms with E-state index in [4.69, 9.17) is 9.47 Å². The van der Waals surface area contributed by atoms with Crippen molar-refractivity contribution in [2.24, 2.45) is 7.05 Å². The van der Waals surface area contributed by atoms with E-state index in [1.54, 1.807) is 0 Å². The molecule has 0 radical (unpaired) electrons. The highest BCUT2D eigenvalue weighted by Gasteiger charge is 2.07. The van der Waals surface area contributed by atoms with Gasteiger partial charge in [-0.3, -0.25) is 4.68 Å². The Labute approximate surface area is 121 Å². The molecule has 0 aliphatic carbocycles. The number of aromatic nitrogens is 2. The van der Waals surface area contributed by atoms with Gasteiger partial charge in [-0.2, -0.15) is 5.10 Å². The summed E-state index contributed by atoms with van der Waals surface area (Å²) in [6.45, 7) is 7.38. The number of aliphatic hydroxyl groups is 1. The highest BCUT2D eigenvalue weighted by molar-refractivity contribution is 5.16. The van der Waals surface area contributed by atoms with Gasteiger partial charge in [0, 0.05) is 38.5 Å². The summed E-state index contributed by atoms with van der Waals surface area (Å²) in [7, 11) is 1.92. The van der Waals surface area contributed by atoms with Crippen LogP contribution in [0.3, 0.4) is 0 Å². The van der Waals surface area contributed by atoms with Gasteiger partial charge in [-0.05, 0) is 13.3 Å². The minimum absolute atomic E-state index is 0.327. The molecule has 0 amide bonds. The molecule has 1 unspecified atom stereocenters. The van der Waals surface area contributed by atoms with Gasteiger partial charge in [0.05, 0.1) is 31.6 Å². The molecule has 0 saturated heterocycles. The summed E-state index contributed by atoms with van der Waals surface area (Å²) in [4.78, 5) is 0. The van der Waals surface area contributed by atoms with E-state index in [9.17, 15) is 5.11 Å². The molecule has 0 fully saturated rings. The largest absolute Gasteiger partial charge is 0.389 e. The molecule has 1 rings (SSSR count). The van der Waals surface area contributed by atoms with E-state index in [1.807, 2.05) is 24.9 Å². The van der Waals surface area contributed by atoms with Gasteiger partial charge in [-0.1, -0.05) is 6.92 Å². The summed E-state index contributed by atoms with van der Waals surface area (Å²) in [5, 5.41) is 17.4. The fraction of sp³-hybridized carbons (Fsp3) is 0.786. The third-order valence-corrected chi connectivity index (χ3v) is 2.91. The summed E-state index contributed by atoms with van der Waals surface area (Å²) >= 11 is 0. The molecular formula is C14H27N3O3. The Bertz CT molecular complexity index is 369. The molecule has 20 heavy (non-hydrogen) atoms. The van der Waals surface area contributed by atoms with Crippen LogP contribution in [0, 0.1) is 0 Å². The van der Waals surface area contributed by atoms with Crippen LogP contribution in [0.1, 0.15) is 25.1 Å². The van der Waals surface area contributed by atoms with Crippen molar-refractivity contribution in [1.29, 1.82) is 0 Å². The Morgan fingerprint density at radius 3 is 2.80 bits per heavy atom. The van der Waals surface area contributed by atoms with Crippen molar-refractivity contribution in [3.8, 4) is 0 Å². The smallest absolute Gasteiger partial charge is 0.0897 e. The molecule has 0 aliphatic heterocycles. The molecule has 6 nitrogen and oxygen atoms in total. The minimum Gasteiger partial charge on any atom is -0.389 e. The van der Waals surface area contributed by atoms with Gasteiger partial charge < -0.3 is 19.9 Å². The van der Waals surface area contributed by atoms with Crippen LogP contribution in [-0.4, -0.2) is 54.0 Å². The molecule has 1 atom stereocenters. The number of ether oxygens (including phenoxy) is 2. The zero-order valence-electron chi connectivity index (χ0n) is 12.8. The van der Waals surface area contributed by atoms with E-state index >= 15 is 0 Å². The van der Waals surface area contributed by atoms with Crippen LogP contribution in [0.5, 0.6) is 0 Å². The molecule has 0 bridgehead atoms. The summed E-state index contributed by atoms with van der Waals surface area (Å²) < 4.78 is 12.3. The van der Waals surface area contributed by atoms with Crippen LogP contribution in [0.4, 0.5) is 0 Å². The number of nitrogens with one attached hydrogen (secondary N) is 1. The maximum Gasteiger partial charge on any atom is 0.0897 e. The summed E-state index contributed by atoms with van der Waals surface area (Å²) in [5.41, 5.74) is 2.28. The Balaban J connectivity index is 2.13. The molecule has 0 spiro atoms. The first-order chi connectivity index (χ1) is 9.67. The lowest BCUT2D eigenvalue weighted by Crippen LogP contribution is -2.30. The van der Waals surface area contributed by atoms with Gasteiger partial charge in [0.25, 0.3) is 0 Å². The third-order valence-electron chi connectivity index (χ3n) is 2.91. The number of hydrogen-bond donors (Lipinski definition) is 2. The lowest BCUT2D eigenvalue weighted by Gasteiger charge is -2.12. The number of aliphatic hydroxyl groups excluding tert-OH is 1. The van der Waals surface area contributed by atoms with Crippen molar-refractivity contribution >= 4 is 0 Å². The van der Waals surface area contributed by atoms with Gasteiger partial charge in [0.2, 0.25) is 0 Å². The van der Waals surface area contributed by atoms with Crippen molar-refractivity contribution in [3.05, 3.63) is 17.5 Å². The molecule has 1 heterocycles. The quantitative estimate of drug-likeness (QED) is 0.579. The number of nitrogens with zero attached hydrogens (tertiary/aromatic N) is 2. The number of hydrogen-bond acceptors (Lipinski definition) is 5. The standard InChI is InChI=1S/C14H27N3O3/c1-4-14-12(10-17(3)16-14)8-15-9-13(18)11-20-7-6-19-5-2/h10,13,15,18H,4-9,11H2,1-3H3. The van der Waals surface area contributed by atoms with E-state index in [-0.39, 0.29) is 0 Å². The molecule has 0 aromatic carbocycles. The first-order valence-corrected chi connectivity index (χ1v) is 7.23. The monoisotopic (exact) mass is 285 g/mol. The van der Waals surface area contributed by atoms with E-state index in [1.165, 1.54) is 5.56 Å². The average Bonchev–Trinajstić information content (AvgIpc) is 2.79. The maximum atomic E-state index is 9.77. The fourth-order valence-corrected chi connectivity index (χ4v) is 1.94. The van der Waals surface area contributed by atoms with Crippen LogP contribution in [0.25, 0.3) is 0 Å². The van der Waals surface area contributed by atoms with Crippen LogP contribution in [0.15, 0.2) is 6.20 Å². The second-order valence-electron chi connectivity index (χ2n) is 4.68. The highest BCUT2D eigenvalue weighted by atomic mass is 16.5.